The van der Waals surface area contributed by atoms with Gasteiger partial charge in [-0.1, -0.05) is 48.4 Å². The molecule has 0 saturated heterocycles. The number of quaternary nitrogens is 1. The second kappa shape index (κ2) is 6.51. The van der Waals surface area contributed by atoms with Crippen molar-refractivity contribution in [2.24, 2.45) is 5.10 Å². The standard InChI is InChI=1S/C19H21N2S/c1-16(18-11-6-7-12-19(18)22-2)15-21(14-8-13-20-21)17-9-4-3-5-10-17/h3-14,16H,15H2,1-2H3/q+1. The summed E-state index contributed by atoms with van der Waals surface area (Å²) in [5.74, 6) is 0.420. The molecule has 2 nitrogen and oxygen atoms in total. The lowest BCUT2D eigenvalue weighted by molar-refractivity contribution is 0.373. The van der Waals surface area contributed by atoms with Crippen LogP contribution in [0.15, 0.2) is 76.9 Å². The van der Waals surface area contributed by atoms with Crippen LogP contribution in [0.5, 0.6) is 0 Å². The van der Waals surface area contributed by atoms with E-state index >= 15 is 0 Å². The van der Waals surface area contributed by atoms with Crippen molar-refractivity contribution in [3.63, 3.8) is 0 Å². The van der Waals surface area contributed by atoms with Crippen molar-refractivity contribution < 1.29 is 0 Å². The minimum atomic E-state index is 0.420. The fraction of sp³-hybridized carbons (Fsp3) is 0.211. The number of allylic oxidation sites excluding steroid dienone is 1. The number of para-hydroxylation sites is 1. The summed E-state index contributed by atoms with van der Waals surface area (Å²) in [6.07, 6.45) is 8.26. The van der Waals surface area contributed by atoms with Crippen LogP contribution in [0.4, 0.5) is 5.69 Å². The normalized spacial score (nSPS) is 21.2. The molecule has 0 radical (unpaired) electrons. The molecule has 0 aliphatic carbocycles. The summed E-state index contributed by atoms with van der Waals surface area (Å²) < 4.78 is 0.546. The van der Waals surface area contributed by atoms with Crippen LogP contribution < -0.4 is 4.59 Å². The van der Waals surface area contributed by atoms with Gasteiger partial charge in [-0.3, -0.25) is 0 Å². The fourth-order valence-electron chi connectivity index (χ4n) is 3.02. The highest BCUT2D eigenvalue weighted by molar-refractivity contribution is 7.98. The van der Waals surface area contributed by atoms with Gasteiger partial charge in [0, 0.05) is 29.0 Å². The molecule has 1 heterocycles. The topological polar surface area (TPSA) is 12.4 Å². The fourth-order valence-corrected chi connectivity index (χ4v) is 3.74. The van der Waals surface area contributed by atoms with E-state index in [1.807, 2.05) is 24.1 Å². The Bertz CT molecular complexity index is 680. The summed E-state index contributed by atoms with van der Waals surface area (Å²) in [6.45, 7) is 3.22. The van der Waals surface area contributed by atoms with Gasteiger partial charge in [-0.25, -0.2) is 0 Å². The average molecular weight is 309 g/mol. The molecule has 112 valence electrons. The lowest BCUT2D eigenvalue weighted by Crippen LogP contribution is -2.39. The first-order chi connectivity index (χ1) is 10.7. The Kier molecular flexibility index (Phi) is 4.46. The summed E-state index contributed by atoms with van der Waals surface area (Å²) in [5, 5.41) is 4.75. The first kappa shape index (κ1) is 15.1. The first-order valence-corrected chi connectivity index (χ1v) is 8.77. The van der Waals surface area contributed by atoms with E-state index in [9.17, 15) is 0 Å². The number of hydrogen-bond donors (Lipinski definition) is 0. The van der Waals surface area contributed by atoms with E-state index in [1.165, 1.54) is 16.1 Å². The summed E-state index contributed by atoms with van der Waals surface area (Å²) in [5.41, 5.74) is 2.61. The van der Waals surface area contributed by atoms with E-state index in [1.54, 1.807) is 0 Å². The molecule has 2 unspecified atom stereocenters. The minimum Gasteiger partial charge on any atom is -0.139 e. The zero-order chi connectivity index (χ0) is 15.4. The molecule has 1 aliphatic heterocycles. The van der Waals surface area contributed by atoms with Gasteiger partial charge in [0.1, 0.15) is 12.7 Å². The van der Waals surface area contributed by atoms with Gasteiger partial charge in [0.2, 0.25) is 0 Å². The number of nitrogens with zero attached hydrogens (tertiary/aromatic N) is 2. The molecule has 2 aromatic rings. The molecule has 2 aromatic carbocycles. The largest absolute Gasteiger partial charge is 0.163 e. The molecular formula is C19H21N2S+. The monoisotopic (exact) mass is 309 g/mol. The molecule has 0 fully saturated rings. The van der Waals surface area contributed by atoms with Crippen molar-refractivity contribution in [2.75, 3.05) is 12.8 Å². The molecule has 0 bridgehead atoms. The number of thioether (sulfide) groups is 1. The maximum Gasteiger partial charge on any atom is 0.163 e. The van der Waals surface area contributed by atoms with Crippen LogP contribution in [-0.4, -0.2) is 19.0 Å². The van der Waals surface area contributed by atoms with Gasteiger partial charge in [-0.05, 0) is 17.9 Å². The molecule has 22 heavy (non-hydrogen) atoms. The molecule has 3 heteroatoms. The number of benzene rings is 2. The van der Waals surface area contributed by atoms with Crippen LogP contribution in [-0.2, 0) is 0 Å². The third kappa shape index (κ3) is 2.87. The smallest absolute Gasteiger partial charge is 0.139 e. The second-order valence-electron chi connectivity index (χ2n) is 5.59. The Morgan fingerprint density at radius 2 is 1.77 bits per heavy atom. The minimum absolute atomic E-state index is 0.420. The van der Waals surface area contributed by atoms with Crippen molar-refractivity contribution in [3.05, 3.63) is 72.4 Å². The van der Waals surface area contributed by atoms with E-state index in [4.69, 9.17) is 5.10 Å². The average Bonchev–Trinajstić information content (AvgIpc) is 3.05. The van der Waals surface area contributed by atoms with Gasteiger partial charge in [0.25, 0.3) is 0 Å². The van der Waals surface area contributed by atoms with E-state index in [2.05, 4.69) is 74.0 Å². The van der Waals surface area contributed by atoms with E-state index in [0.717, 1.165) is 6.54 Å². The third-order valence-electron chi connectivity index (χ3n) is 4.12. The number of rotatable bonds is 5. The highest BCUT2D eigenvalue weighted by atomic mass is 32.2. The molecule has 2 atom stereocenters. The van der Waals surface area contributed by atoms with Crippen LogP contribution in [0.2, 0.25) is 0 Å². The zero-order valence-electron chi connectivity index (χ0n) is 13.0. The van der Waals surface area contributed by atoms with Crippen LogP contribution in [0.3, 0.4) is 0 Å². The predicted octanol–water partition coefficient (Wildman–Crippen LogP) is 5.03. The lowest BCUT2D eigenvalue weighted by Gasteiger charge is -2.29. The van der Waals surface area contributed by atoms with Crippen molar-refractivity contribution in [3.8, 4) is 0 Å². The molecule has 0 amide bonds. The molecule has 0 aromatic heterocycles. The van der Waals surface area contributed by atoms with Crippen LogP contribution >= 0.6 is 11.8 Å². The van der Waals surface area contributed by atoms with Crippen molar-refractivity contribution in [1.29, 1.82) is 0 Å². The Morgan fingerprint density at radius 3 is 2.45 bits per heavy atom. The third-order valence-corrected chi connectivity index (χ3v) is 4.93. The molecule has 1 aliphatic rings. The van der Waals surface area contributed by atoms with Gasteiger partial charge in [-0.2, -0.15) is 0 Å². The number of hydrogen-bond acceptors (Lipinski definition) is 2. The van der Waals surface area contributed by atoms with Gasteiger partial charge in [-0.15, -0.1) is 16.4 Å². The maximum absolute atomic E-state index is 4.75. The van der Waals surface area contributed by atoms with Crippen molar-refractivity contribution in [2.45, 2.75) is 17.7 Å². The molecule has 0 spiro atoms. The van der Waals surface area contributed by atoms with Gasteiger partial charge < -0.3 is 0 Å². The van der Waals surface area contributed by atoms with Crippen molar-refractivity contribution >= 4 is 23.7 Å². The highest BCUT2D eigenvalue weighted by Crippen LogP contribution is 2.34. The highest BCUT2D eigenvalue weighted by Gasteiger charge is 2.33. The van der Waals surface area contributed by atoms with Crippen LogP contribution in [0.1, 0.15) is 18.4 Å². The first-order valence-electron chi connectivity index (χ1n) is 7.55. The SMILES string of the molecule is CSc1ccccc1C(C)C[N+]1(c2ccccc2)C=CC=N1. The molecule has 0 N–H and O–H groups in total. The van der Waals surface area contributed by atoms with E-state index < -0.39 is 0 Å². The van der Waals surface area contributed by atoms with E-state index in [0.29, 0.717) is 10.5 Å². The molecular weight excluding hydrogens is 288 g/mol. The lowest BCUT2D eigenvalue weighted by atomic mass is 10.00. The van der Waals surface area contributed by atoms with Gasteiger partial charge in [0.15, 0.2) is 5.69 Å². The zero-order valence-corrected chi connectivity index (χ0v) is 13.8. The Labute approximate surface area is 136 Å². The quantitative estimate of drug-likeness (QED) is 0.557. The summed E-state index contributed by atoms with van der Waals surface area (Å²) in [7, 11) is 0. The summed E-state index contributed by atoms with van der Waals surface area (Å²) in [6, 6.07) is 19.2. The van der Waals surface area contributed by atoms with Crippen molar-refractivity contribution in [1.82, 2.24) is 4.59 Å². The van der Waals surface area contributed by atoms with Gasteiger partial charge >= 0.3 is 0 Å². The Balaban J connectivity index is 1.92. The second-order valence-corrected chi connectivity index (χ2v) is 6.44. The Hall–Kier alpha value is -1.84. The van der Waals surface area contributed by atoms with E-state index in [-0.39, 0.29) is 0 Å². The molecule has 0 saturated carbocycles. The molecule has 3 rings (SSSR count). The summed E-state index contributed by atoms with van der Waals surface area (Å²) in [4.78, 5) is 1.35. The van der Waals surface area contributed by atoms with Crippen LogP contribution in [0.25, 0.3) is 0 Å². The Morgan fingerprint density at radius 1 is 1.05 bits per heavy atom. The van der Waals surface area contributed by atoms with Crippen LogP contribution in [0, 0.1) is 0 Å². The summed E-state index contributed by atoms with van der Waals surface area (Å²) >= 11 is 1.81. The predicted molar refractivity (Wildman–Crippen MR) is 97.4 cm³/mol. The van der Waals surface area contributed by atoms with Gasteiger partial charge in [0.05, 0.1) is 6.21 Å². The maximum atomic E-state index is 4.75.